The molecule has 2 atom stereocenters. The van der Waals surface area contributed by atoms with Crippen molar-refractivity contribution in [3.8, 4) is 0 Å². The average Bonchev–Trinajstić information content (AvgIpc) is 2.96. The van der Waals surface area contributed by atoms with Crippen molar-refractivity contribution in [3.63, 3.8) is 0 Å². The summed E-state index contributed by atoms with van der Waals surface area (Å²) in [5.41, 5.74) is 1.00. The van der Waals surface area contributed by atoms with Gasteiger partial charge in [0.15, 0.2) is 0 Å². The highest BCUT2D eigenvalue weighted by molar-refractivity contribution is 5.68. The quantitative estimate of drug-likeness (QED) is 0.900. The number of amides is 1. The number of benzene rings is 1. The van der Waals surface area contributed by atoms with E-state index >= 15 is 0 Å². The zero-order chi connectivity index (χ0) is 15.7. The van der Waals surface area contributed by atoms with Crippen molar-refractivity contribution >= 4 is 6.09 Å². The van der Waals surface area contributed by atoms with E-state index in [1.54, 1.807) is 4.90 Å². The van der Waals surface area contributed by atoms with E-state index < -0.39 is 5.60 Å². The number of quaternary nitrogens is 1. The van der Waals surface area contributed by atoms with E-state index in [-0.39, 0.29) is 6.09 Å². The molecule has 0 spiro atoms. The van der Waals surface area contributed by atoms with Gasteiger partial charge in [-0.15, -0.1) is 0 Å². The lowest BCUT2D eigenvalue weighted by atomic mass is 10.0. The molecule has 4 nitrogen and oxygen atoms in total. The first-order valence-electron chi connectivity index (χ1n) is 8.26. The summed E-state index contributed by atoms with van der Waals surface area (Å²) in [6.07, 6.45) is -0.147. The Bertz CT molecular complexity index is 510. The van der Waals surface area contributed by atoms with Gasteiger partial charge < -0.3 is 14.5 Å². The Morgan fingerprint density at radius 1 is 1.18 bits per heavy atom. The van der Waals surface area contributed by atoms with Crippen molar-refractivity contribution in [1.82, 2.24) is 4.90 Å². The lowest BCUT2D eigenvalue weighted by Crippen LogP contribution is -3.09. The van der Waals surface area contributed by atoms with E-state index in [4.69, 9.17) is 4.74 Å². The second kappa shape index (κ2) is 5.92. The van der Waals surface area contributed by atoms with Crippen LogP contribution in [0.3, 0.4) is 0 Å². The number of ether oxygens (including phenoxy) is 1. The van der Waals surface area contributed by atoms with Crippen molar-refractivity contribution < 1.29 is 14.4 Å². The molecule has 1 aromatic rings. The van der Waals surface area contributed by atoms with Crippen molar-refractivity contribution in [3.05, 3.63) is 35.9 Å². The van der Waals surface area contributed by atoms with Crippen LogP contribution in [0.15, 0.2) is 30.3 Å². The molecule has 0 aliphatic carbocycles. The first kappa shape index (κ1) is 15.3. The van der Waals surface area contributed by atoms with E-state index in [0.29, 0.717) is 11.8 Å². The zero-order valence-electron chi connectivity index (χ0n) is 13.8. The summed E-state index contributed by atoms with van der Waals surface area (Å²) in [7, 11) is 0. The highest BCUT2D eigenvalue weighted by Gasteiger charge is 2.45. The minimum Gasteiger partial charge on any atom is -0.444 e. The van der Waals surface area contributed by atoms with Gasteiger partial charge in [0.2, 0.25) is 0 Å². The van der Waals surface area contributed by atoms with Crippen LogP contribution in [0.4, 0.5) is 4.79 Å². The highest BCUT2D eigenvalue weighted by atomic mass is 16.6. The number of hydrogen-bond donors (Lipinski definition) is 1. The topological polar surface area (TPSA) is 34.0 Å². The minimum absolute atomic E-state index is 0.147. The predicted octanol–water partition coefficient (Wildman–Crippen LogP) is 1.57. The van der Waals surface area contributed by atoms with Crippen molar-refractivity contribution in [1.29, 1.82) is 0 Å². The maximum atomic E-state index is 12.2. The van der Waals surface area contributed by atoms with E-state index in [1.165, 1.54) is 18.7 Å². The SMILES string of the molecule is CC(C)(C)OC(=O)N1C[C@@H]2C[NH+](Cc3ccccc3)C[C@H]2C1. The molecule has 1 aromatic carbocycles. The Labute approximate surface area is 133 Å². The Hall–Kier alpha value is -1.55. The van der Waals surface area contributed by atoms with Crippen LogP contribution in [0.2, 0.25) is 0 Å². The molecule has 1 amide bonds. The van der Waals surface area contributed by atoms with Crippen LogP contribution >= 0.6 is 0 Å². The smallest absolute Gasteiger partial charge is 0.410 e. The van der Waals surface area contributed by atoms with Crippen LogP contribution in [0.1, 0.15) is 26.3 Å². The van der Waals surface area contributed by atoms with Gasteiger partial charge in [0.05, 0.1) is 13.1 Å². The van der Waals surface area contributed by atoms with Gasteiger partial charge in [0.25, 0.3) is 0 Å². The van der Waals surface area contributed by atoms with Crippen LogP contribution in [0, 0.1) is 11.8 Å². The van der Waals surface area contributed by atoms with Crippen molar-refractivity contribution in [2.75, 3.05) is 26.2 Å². The molecular weight excluding hydrogens is 276 g/mol. The summed E-state index contributed by atoms with van der Waals surface area (Å²) in [5.74, 6) is 1.26. The zero-order valence-corrected chi connectivity index (χ0v) is 13.8. The number of carbonyl (C=O) groups excluding carboxylic acids is 1. The molecule has 0 unspecified atom stereocenters. The molecule has 4 heteroatoms. The summed E-state index contributed by atoms with van der Waals surface area (Å²) >= 11 is 0. The molecule has 2 saturated heterocycles. The Kier molecular flexibility index (Phi) is 4.13. The fourth-order valence-corrected chi connectivity index (χ4v) is 3.73. The Morgan fingerprint density at radius 2 is 1.77 bits per heavy atom. The summed E-state index contributed by atoms with van der Waals surface area (Å²) in [6.45, 7) is 10.9. The number of hydrogen-bond acceptors (Lipinski definition) is 2. The number of nitrogens with zero attached hydrogens (tertiary/aromatic N) is 1. The molecular formula is C18H27N2O2+. The molecule has 3 rings (SSSR count). The third kappa shape index (κ3) is 3.61. The fourth-order valence-electron chi connectivity index (χ4n) is 3.73. The lowest BCUT2D eigenvalue weighted by molar-refractivity contribution is -0.904. The molecule has 2 aliphatic heterocycles. The number of likely N-dealkylation sites (tertiary alicyclic amines) is 2. The van der Waals surface area contributed by atoms with Crippen molar-refractivity contribution in [2.24, 2.45) is 11.8 Å². The normalized spacial score (nSPS) is 25.3. The summed E-state index contributed by atoms with van der Waals surface area (Å²) < 4.78 is 5.49. The van der Waals surface area contributed by atoms with Crippen LogP contribution in [-0.2, 0) is 11.3 Å². The molecule has 1 N–H and O–H groups in total. The molecule has 22 heavy (non-hydrogen) atoms. The third-order valence-corrected chi connectivity index (χ3v) is 4.63. The van der Waals surface area contributed by atoms with E-state index in [2.05, 4.69) is 30.3 Å². The lowest BCUT2D eigenvalue weighted by Gasteiger charge is -2.25. The maximum Gasteiger partial charge on any atom is 0.410 e. The largest absolute Gasteiger partial charge is 0.444 e. The van der Waals surface area contributed by atoms with E-state index in [0.717, 1.165) is 19.6 Å². The second-order valence-corrected chi connectivity index (χ2v) is 7.73. The average molecular weight is 303 g/mol. The summed E-state index contributed by atoms with van der Waals surface area (Å²) in [5, 5.41) is 0. The van der Waals surface area contributed by atoms with Gasteiger partial charge in [-0.05, 0) is 20.8 Å². The second-order valence-electron chi connectivity index (χ2n) is 7.73. The molecule has 0 radical (unpaired) electrons. The summed E-state index contributed by atoms with van der Waals surface area (Å²) in [6, 6.07) is 10.7. The number of nitrogens with one attached hydrogen (secondary N) is 1. The van der Waals surface area contributed by atoms with Crippen LogP contribution in [0.25, 0.3) is 0 Å². The molecule has 2 fully saturated rings. The molecule has 2 aliphatic rings. The van der Waals surface area contributed by atoms with Gasteiger partial charge in [-0.2, -0.15) is 0 Å². The number of fused-ring (bicyclic) bond motifs is 1. The van der Waals surface area contributed by atoms with Gasteiger partial charge in [0, 0.05) is 30.5 Å². The van der Waals surface area contributed by atoms with E-state index in [9.17, 15) is 4.79 Å². The van der Waals surface area contributed by atoms with Crippen molar-refractivity contribution in [2.45, 2.75) is 32.9 Å². The molecule has 2 heterocycles. The number of rotatable bonds is 2. The van der Waals surface area contributed by atoms with Crippen LogP contribution in [-0.4, -0.2) is 42.8 Å². The molecule has 0 bridgehead atoms. The summed E-state index contributed by atoms with van der Waals surface area (Å²) in [4.78, 5) is 15.7. The standard InChI is InChI=1S/C18H26N2O2/c1-18(2,3)22-17(21)20-12-15-10-19(11-16(15)13-20)9-14-7-5-4-6-8-14/h4-8,15-16H,9-13H2,1-3H3/p+1/t15-,16-/m0/s1. The maximum absolute atomic E-state index is 12.2. The van der Waals surface area contributed by atoms with Crippen LogP contribution in [0.5, 0.6) is 0 Å². The van der Waals surface area contributed by atoms with Gasteiger partial charge in [-0.3, -0.25) is 0 Å². The van der Waals surface area contributed by atoms with Gasteiger partial charge in [0.1, 0.15) is 12.1 Å². The van der Waals surface area contributed by atoms with Gasteiger partial charge in [-0.25, -0.2) is 4.79 Å². The predicted molar refractivity (Wildman–Crippen MR) is 85.6 cm³/mol. The minimum atomic E-state index is -0.403. The van der Waals surface area contributed by atoms with Gasteiger partial charge >= 0.3 is 6.09 Å². The van der Waals surface area contributed by atoms with E-state index in [1.807, 2.05) is 25.7 Å². The number of carbonyl (C=O) groups is 1. The molecule has 0 saturated carbocycles. The third-order valence-electron chi connectivity index (χ3n) is 4.63. The monoisotopic (exact) mass is 303 g/mol. The fraction of sp³-hybridized carbons (Fsp3) is 0.611. The highest BCUT2D eigenvalue weighted by Crippen LogP contribution is 2.26. The van der Waals surface area contributed by atoms with Crippen LogP contribution < -0.4 is 4.90 Å². The molecule has 120 valence electrons. The first-order chi connectivity index (χ1) is 10.4. The Morgan fingerprint density at radius 3 is 2.32 bits per heavy atom. The molecule has 0 aromatic heterocycles. The van der Waals surface area contributed by atoms with Gasteiger partial charge in [-0.1, -0.05) is 30.3 Å². The Balaban J connectivity index is 1.51. The first-order valence-corrected chi connectivity index (χ1v) is 8.26.